The molecular weight excluding hydrogens is 314 g/mol. The van der Waals surface area contributed by atoms with Gasteiger partial charge in [0.25, 0.3) is 5.91 Å². The largest absolute Gasteiger partial charge is 0.422 e. The lowest BCUT2D eigenvalue weighted by atomic mass is 10.1. The summed E-state index contributed by atoms with van der Waals surface area (Å²) in [6.45, 7) is 5.72. The van der Waals surface area contributed by atoms with Gasteiger partial charge >= 0.3 is 5.63 Å². The first-order valence-corrected chi connectivity index (χ1v) is 8.20. The number of allylic oxidation sites excluding steroid dienone is 1. The molecule has 4 nitrogen and oxygen atoms in total. The van der Waals surface area contributed by atoms with Gasteiger partial charge in [-0.1, -0.05) is 49.4 Å². The van der Waals surface area contributed by atoms with E-state index in [1.165, 1.54) is 0 Å². The van der Waals surface area contributed by atoms with E-state index < -0.39 is 11.5 Å². The van der Waals surface area contributed by atoms with Gasteiger partial charge < -0.3 is 9.73 Å². The monoisotopic (exact) mass is 333 g/mol. The highest BCUT2D eigenvalue weighted by Gasteiger charge is 2.16. The molecule has 3 rings (SSSR count). The van der Waals surface area contributed by atoms with Crippen molar-refractivity contribution in [2.75, 3.05) is 5.32 Å². The van der Waals surface area contributed by atoms with Gasteiger partial charge in [-0.05, 0) is 36.1 Å². The Morgan fingerprint density at radius 1 is 1.16 bits per heavy atom. The molecule has 1 aromatic heterocycles. The Bertz CT molecular complexity index is 1000. The van der Waals surface area contributed by atoms with Crippen molar-refractivity contribution in [3.63, 3.8) is 0 Å². The van der Waals surface area contributed by atoms with E-state index in [4.69, 9.17) is 4.42 Å². The number of benzene rings is 2. The Morgan fingerprint density at radius 2 is 1.92 bits per heavy atom. The van der Waals surface area contributed by atoms with Crippen LogP contribution in [0.4, 0.5) is 5.69 Å². The van der Waals surface area contributed by atoms with Gasteiger partial charge in [0, 0.05) is 11.1 Å². The maximum atomic E-state index is 12.6. The van der Waals surface area contributed by atoms with Gasteiger partial charge in [0.1, 0.15) is 11.1 Å². The Kier molecular flexibility index (Phi) is 4.80. The van der Waals surface area contributed by atoms with Crippen LogP contribution in [-0.2, 0) is 12.8 Å². The molecule has 1 heterocycles. The molecule has 0 aliphatic heterocycles. The van der Waals surface area contributed by atoms with Gasteiger partial charge in [-0.3, -0.25) is 4.79 Å². The normalized spacial score (nSPS) is 10.6. The number of amides is 1. The zero-order valence-electron chi connectivity index (χ0n) is 14.0. The summed E-state index contributed by atoms with van der Waals surface area (Å²) in [5.41, 5.74) is 2.43. The van der Waals surface area contributed by atoms with E-state index in [0.29, 0.717) is 23.1 Å². The van der Waals surface area contributed by atoms with Gasteiger partial charge in [0.15, 0.2) is 0 Å². The highest BCUT2D eigenvalue weighted by Crippen LogP contribution is 2.20. The van der Waals surface area contributed by atoms with Crippen LogP contribution < -0.4 is 10.9 Å². The molecule has 0 aliphatic rings. The third-order valence-electron chi connectivity index (χ3n) is 4.10. The highest BCUT2D eigenvalue weighted by molar-refractivity contribution is 6.05. The summed E-state index contributed by atoms with van der Waals surface area (Å²) in [7, 11) is 0. The van der Waals surface area contributed by atoms with E-state index >= 15 is 0 Å². The second kappa shape index (κ2) is 7.18. The summed E-state index contributed by atoms with van der Waals surface area (Å²) in [6.07, 6.45) is 3.13. The molecule has 0 aliphatic carbocycles. The van der Waals surface area contributed by atoms with E-state index in [1.54, 1.807) is 12.1 Å². The second-order valence-corrected chi connectivity index (χ2v) is 5.74. The van der Waals surface area contributed by atoms with Crippen molar-refractivity contribution in [2.45, 2.75) is 19.8 Å². The number of hydrogen-bond acceptors (Lipinski definition) is 3. The first-order chi connectivity index (χ1) is 12.1. The summed E-state index contributed by atoms with van der Waals surface area (Å²) in [5.74, 6) is -0.467. The standard InChI is InChI=1S/C21H19NO3/c1-3-8-15-10-7-11-16-13-17(21(24)25-19(15)16)20(23)22-18-12-6-5-9-14(18)4-2/h3,5-7,9-13H,1,4,8H2,2H3,(H,22,23). The number of carbonyl (C=O) groups excluding carboxylic acids is 1. The molecule has 0 spiro atoms. The molecule has 4 heteroatoms. The Balaban J connectivity index is 2.01. The SMILES string of the molecule is C=CCc1cccc2cc(C(=O)Nc3ccccc3CC)c(=O)oc12. The fraction of sp³-hybridized carbons (Fsp3) is 0.143. The Labute approximate surface area is 145 Å². The van der Waals surface area contributed by atoms with Gasteiger partial charge in [0.05, 0.1) is 0 Å². The second-order valence-electron chi connectivity index (χ2n) is 5.74. The van der Waals surface area contributed by atoms with E-state index in [2.05, 4.69) is 11.9 Å². The number of aryl methyl sites for hydroxylation is 1. The molecule has 0 bridgehead atoms. The number of fused-ring (bicyclic) bond motifs is 1. The number of rotatable bonds is 5. The van der Waals surface area contributed by atoms with Crippen LogP contribution in [0, 0.1) is 0 Å². The van der Waals surface area contributed by atoms with Crippen LogP contribution in [0.5, 0.6) is 0 Å². The molecule has 0 radical (unpaired) electrons. The summed E-state index contributed by atoms with van der Waals surface area (Å²) in [4.78, 5) is 24.9. The average Bonchev–Trinajstić information content (AvgIpc) is 2.62. The third-order valence-corrected chi connectivity index (χ3v) is 4.10. The Hall–Kier alpha value is -3.14. The van der Waals surface area contributed by atoms with Crippen molar-refractivity contribution < 1.29 is 9.21 Å². The first kappa shape index (κ1) is 16.7. The molecule has 3 aromatic rings. The van der Waals surface area contributed by atoms with Crippen molar-refractivity contribution in [3.8, 4) is 0 Å². The van der Waals surface area contributed by atoms with Gasteiger partial charge in [-0.2, -0.15) is 0 Å². The molecule has 2 aromatic carbocycles. The van der Waals surface area contributed by atoms with Crippen LogP contribution in [0.3, 0.4) is 0 Å². The molecule has 0 atom stereocenters. The molecule has 0 saturated heterocycles. The summed E-state index contributed by atoms with van der Waals surface area (Å²) < 4.78 is 5.43. The molecule has 0 saturated carbocycles. The molecule has 0 fully saturated rings. The predicted molar refractivity (Wildman–Crippen MR) is 100 cm³/mol. The van der Waals surface area contributed by atoms with Gasteiger partial charge in [-0.25, -0.2) is 4.79 Å². The van der Waals surface area contributed by atoms with E-state index in [9.17, 15) is 9.59 Å². The predicted octanol–water partition coefficient (Wildman–Crippen LogP) is 4.34. The highest BCUT2D eigenvalue weighted by atomic mass is 16.4. The van der Waals surface area contributed by atoms with Crippen LogP contribution in [0.2, 0.25) is 0 Å². The lowest BCUT2D eigenvalue weighted by Gasteiger charge is -2.10. The first-order valence-electron chi connectivity index (χ1n) is 8.20. The summed E-state index contributed by atoms with van der Waals surface area (Å²) in [6, 6.07) is 14.7. The van der Waals surface area contributed by atoms with E-state index in [1.807, 2.05) is 49.4 Å². The summed E-state index contributed by atoms with van der Waals surface area (Å²) >= 11 is 0. The van der Waals surface area contributed by atoms with Crippen molar-refractivity contribution >= 4 is 22.6 Å². The number of carbonyl (C=O) groups is 1. The van der Waals surface area contributed by atoms with Crippen molar-refractivity contribution in [2.24, 2.45) is 0 Å². The number of para-hydroxylation sites is 2. The zero-order chi connectivity index (χ0) is 17.8. The minimum Gasteiger partial charge on any atom is -0.422 e. The number of hydrogen-bond donors (Lipinski definition) is 1. The van der Waals surface area contributed by atoms with E-state index in [0.717, 1.165) is 17.5 Å². The number of nitrogens with one attached hydrogen (secondary N) is 1. The maximum absolute atomic E-state index is 12.6. The minimum atomic E-state index is -0.643. The van der Waals surface area contributed by atoms with Gasteiger partial charge in [0.2, 0.25) is 0 Å². The van der Waals surface area contributed by atoms with Crippen LogP contribution in [0.15, 0.2) is 70.4 Å². The van der Waals surface area contributed by atoms with E-state index in [-0.39, 0.29) is 5.56 Å². The van der Waals surface area contributed by atoms with Crippen LogP contribution in [0.25, 0.3) is 11.0 Å². The maximum Gasteiger partial charge on any atom is 0.349 e. The van der Waals surface area contributed by atoms with Crippen LogP contribution >= 0.6 is 0 Å². The van der Waals surface area contributed by atoms with Gasteiger partial charge in [-0.15, -0.1) is 6.58 Å². The third kappa shape index (κ3) is 3.38. The quantitative estimate of drug-likeness (QED) is 0.558. The summed E-state index contributed by atoms with van der Waals surface area (Å²) in [5, 5.41) is 3.52. The molecule has 1 N–H and O–H groups in total. The van der Waals surface area contributed by atoms with Crippen molar-refractivity contribution in [1.29, 1.82) is 0 Å². The molecule has 126 valence electrons. The van der Waals surface area contributed by atoms with Crippen molar-refractivity contribution in [3.05, 3.63) is 88.3 Å². The topological polar surface area (TPSA) is 59.3 Å². The lowest BCUT2D eigenvalue weighted by Crippen LogP contribution is -2.21. The number of anilines is 1. The molecular formula is C21H19NO3. The smallest absolute Gasteiger partial charge is 0.349 e. The van der Waals surface area contributed by atoms with Crippen LogP contribution in [0.1, 0.15) is 28.4 Å². The fourth-order valence-corrected chi connectivity index (χ4v) is 2.82. The molecule has 25 heavy (non-hydrogen) atoms. The molecule has 0 unspecified atom stereocenters. The lowest BCUT2D eigenvalue weighted by molar-refractivity contribution is 0.102. The Morgan fingerprint density at radius 3 is 2.68 bits per heavy atom. The van der Waals surface area contributed by atoms with Crippen LogP contribution in [-0.4, -0.2) is 5.91 Å². The fourth-order valence-electron chi connectivity index (χ4n) is 2.82. The van der Waals surface area contributed by atoms with Crippen molar-refractivity contribution in [1.82, 2.24) is 0 Å². The zero-order valence-corrected chi connectivity index (χ0v) is 14.0. The minimum absolute atomic E-state index is 0.00541. The average molecular weight is 333 g/mol. The molecule has 1 amide bonds.